The van der Waals surface area contributed by atoms with Gasteiger partial charge in [-0.15, -0.1) is 0 Å². The van der Waals surface area contributed by atoms with Crippen LogP contribution in [0.4, 0.5) is 0 Å². The summed E-state index contributed by atoms with van der Waals surface area (Å²) in [5.74, 6) is 5.32. The molecule has 0 aliphatic carbocycles. The van der Waals surface area contributed by atoms with Crippen LogP contribution in [-0.4, -0.2) is 18.6 Å². The van der Waals surface area contributed by atoms with E-state index < -0.39 is 0 Å². The van der Waals surface area contributed by atoms with Gasteiger partial charge in [-0.2, -0.15) is 23.3 Å². The van der Waals surface area contributed by atoms with Crippen LogP contribution in [0.15, 0.2) is 70.5 Å². The third kappa shape index (κ3) is 15.0. The summed E-state index contributed by atoms with van der Waals surface area (Å²) in [6.45, 7) is 6.64. The first kappa shape index (κ1) is 21.2. The van der Waals surface area contributed by atoms with Gasteiger partial charge >= 0.3 is 0 Å². The van der Waals surface area contributed by atoms with Gasteiger partial charge in [0.25, 0.3) is 0 Å². The molecule has 0 bridgehead atoms. The number of quaternary nitrogens is 1. The van der Waals surface area contributed by atoms with Gasteiger partial charge in [-0.1, -0.05) is 35.1 Å². The molecular formula is C20H10NV-. The third-order valence-corrected chi connectivity index (χ3v) is 1.47. The molecule has 0 aliphatic heterocycles. The molecule has 0 unspecified atom stereocenters. The Morgan fingerprint density at radius 3 is 1.45 bits per heavy atom. The Labute approximate surface area is 143 Å². The van der Waals surface area contributed by atoms with Crippen LogP contribution in [0.1, 0.15) is 0 Å². The summed E-state index contributed by atoms with van der Waals surface area (Å²) in [6.07, 6.45) is 5.18. The molecule has 0 aromatic heterocycles. The largest absolute Gasteiger partial charge is 0.288 e. The zero-order valence-corrected chi connectivity index (χ0v) is 13.7. The first-order valence-corrected chi connectivity index (χ1v) is 5.55. The van der Waals surface area contributed by atoms with Crippen molar-refractivity contribution >= 4 is 0 Å². The van der Waals surface area contributed by atoms with Gasteiger partial charge in [0.2, 0.25) is 0 Å². The van der Waals surface area contributed by atoms with E-state index in [2.05, 4.69) is 107 Å². The number of hydrogen-bond acceptors (Lipinski definition) is 0. The van der Waals surface area contributed by atoms with E-state index in [9.17, 15) is 0 Å². The van der Waals surface area contributed by atoms with Crippen molar-refractivity contribution in [2.75, 3.05) is 14.1 Å². The summed E-state index contributed by atoms with van der Waals surface area (Å²) in [4.78, 5) is 0. The molecule has 0 aromatic rings. The average molecular weight is 315 g/mol. The van der Waals surface area contributed by atoms with Crippen LogP contribution < -0.4 is 0 Å². The van der Waals surface area contributed by atoms with E-state index in [1.165, 1.54) is 0 Å². The van der Waals surface area contributed by atoms with E-state index in [1.807, 2.05) is 14.1 Å². The topological polar surface area (TPSA) is 0 Å². The maximum atomic E-state index is 3.32. The smallest absolute Gasteiger partial charge is 0.0721 e. The predicted molar refractivity (Wildman–Crippen MR) is 80.5 cm³/mol. The Morgan fingerprint density at radius 2 is 1.09 bits per heavy atom. The molecular weight excluding hydrogens is 305 g/mol. The van der Waals surface area contributed by atoms with Crippen molar-refractivity contribution in [3.8, 4) is 23.9 Å². The molecule has 1 nitrogen and oxygen atoms in total. The van der Waals surface area contributed by atoms with Crippen LogP contribution in [0.25, 0.3) is 0 Å². The SMILES string of the molecule is C=C=C=C=C=C=[C-]C#C[N+](C)(C)C#C[C-]=C=C=C=C=C=C.[V]. The van der Waals surface area contributed by atoms with Crippen molar-refractivity contribution in [3.63, 3.8) is 0 Å². The zero-order valence-electron chi connectivity index (χ0n) is 12.3. The van der Waals surface area contributed by atoms with Crippen LogP contribution in [0, 0.1) is 36.1 Å². The van der Waals surface area contributed by atoms with E-state index in [1.54, 1.807) is 0 Å². The first-order valence-electron chi connectivity index (χ1n) is 5.55. The van der Waals surface area contributed by atoms with E-state index in [0.717, 1.165) is 0 Å². The Morgan fingerprint density at radius 1 is 0.682 bits per heavy atom. The van der Waals surface area contributed by atoms with Gasteiger partial charge in [0, 0.05) is 18.6 Å². The Bertz CT molecular complexity index is 829. The minimum absolute atomic E-state index is 0. The summed E-state index contributed by atoms with van der Waals surface area (Å²) >= 11 is 0. The average Bonchev–Trinajstić information content (AvgIpc) is 2.45. The number of rotatable bonds is 0. The Hall–Kier alpha value is -3.06. The van der Waals surface area contributed by atoms with Gasteiger partial charge in [-0.25, -0.2) is 11.5 Å². The van der Waals surface area contributed by atoms with Gasteiger partial charge in [0.05, 0.1) is 14.1 Å². The van der Waals surface area contributed by atoms with Gasteiger partial charge in [0.1, 0.15) is 0 Å². The van der Waals surface area contributed by atoms with E-state index in [-0.39, 0.29) is 23.0 Å². The van der Waals surface area contributed by atoms with Gasteiger partial charge in [0.15, 0.2) is 0 Å². The van der Waals surface area contributed by atoms with Gasteiger partial charge < -0.3 is 0 Å². The second kappa shape index (κ2) is 14.4. The fraction of sp³-hybridized carbons (Fsp3) is 0.100. The molecule has 0 heterocycles. The summed E-state index contributed by atoms with van der Waals surface area (Å²) in [7, 11) is 3.62. The molecule has 0 aromatic carbocycles. The fourth-order valence-corrected chi connectivity index (χ4v) is 0.702. The number of hydrogen-bond donors (Lipinski definition) is 0. The Kier molecular flexibility index (Phi) is 13.9. The van der Waals surface area contributed by atoms with Crippen LogP contribution in [0.5, 0.6) is 0 Å². The van der Waals surface area contributed by atoms with Crippen LogP contribution in [-0.2, 0) is 18.6 Å². The number of nitrogens with zero attached hydrogens (tertiary/aromatic N) is 1. The third-order valence-electron chi connectivity index (χ3n) is 1.47. The van der Waals surface area contributed by atoms with Crippen molar-refractivity contribution < 1.29 is 23.0 Å². The van der Waals surface area contributed by atoms with E-state index >= 15 is 0 Å². The van der Waals surface area contributed by atoms with E-state index in [0.29, 0.717) is 0 Å². The molecule has 1 radical (unpaired) electrons. The van der Waals surface area contributed by atoms with E-state index in [4.69, 9.17) is 0 Å². The monoisotopic (exact) mass is 315 g/mol. The molecule has 101 valence electrons. The van der Waals surface area contributed by atoms with Crippen molar-refractivity contribution in [1.82, 2.24) is 0 Å². The summed E-state index contributed by atoms with van der Waals surface area (Å²) < 4.78 is 0.140. The first-order chi connectivity index (χ1) is 10.1. The standard InChI is InChI=1S/C20H10N.V/c1-5-7-9-11-13-15-17-19-21(3,4)20-18-16-14-12-10-8-6-2;/h1-2H2,3-4H3;/q-1;. The molecule has 2 heteroatoms. The van der Waals surface area contributed by atoms with Crippen LogP contribution in [0.2, 0.25) is 0 Å². The summed E-state index contributed by atoms with van der Waals surface area (Å²) in [5, 5.41) is 0. The molecule has 0 amide bonds. The number of allylic oxidation sites excluding steroid dienone is 2. The van der Waals surface area contributed by atoms with Crippen LogP contribution in [0.3, 0.4) is 0 Å². The fourth-order valence-electron chi connectivity index (χ4n) is 0.702. The molecule has 0 rings (SSSR count). The van der Waals surface area contributed by atoms with Gasteiger partial charge in [-0.05, 0) is 36.7 Å². The summed E-state index contributed by atoms with van der Waals surface area (Å²) in [6, 6.07) is 5.70. The van der Waals surface area contributed by atoms with Crippen molar-refractivity contribution in [2.45, 2.75) is 0 Å². The second-order valence-electron chi connectivity index (χ2n) is 3.53. The molecule has 0 saturated carbocycles. The Balaban J connectivity index is 0. The minimum atomic E-state index is 0. The maximum Gasteiger partial charge on any atom is 0.0721 e. The maximum absolute atomic E-state index is 3.32. The minimum Gasteiger partial charge on any atom is -0.288 e. The molecule has 22 heavy (non-hydrogen) atoms. The molecule has 0 fully saturated rings. The molecule has 0 atom stereocenters. The molecule has 0 saturated heterocycles. The second-order valence-corrected chi connectivity index (χ2v) is 3.53. The molecule has 0 spiro atoms. The molecule has 0 aliphatic rings. The normalized spacial score (nSPS) is 5.91. The summed E-state index contributed by atoms with van der Waals surface area (Å²) in [5.41, 5.74) is 24.9. The predicted octanol–water partition coefficient (Wildman–Crippen LogP) is 2.51. The van der Waals surface area contributed by atoms with Crippen LogP contribution >= 0.6 is 0 Å². The van der Waals surface area contributed by atoms with Gasteiger partial charge in [-0.3, -0.25) is 4.48 Å². The zero-order chi connectivity index (χ0) is 15.8. The van der Waals surface area contributed by atoms with Crippen molar-refractivity contribution in [2.24, 2.45) is 0 Å². The quantitative estimate of drug-likeness (QED) is 0.279. The van der Waals surface area contributed by atoms with Crippen molar-refractivity contribution in [1.29, 1.82) is 0 Å². The molecule has 0 N–H and O–H groups in total. The van der Waals surface area contributed by atoms with Crippen molar-refractivity contribution in [3.05, 3.63) is 82.6 Å².